The Morgan fingerprint density at radius 2 is 2.00 bits per heavy atom. The second kappa shape index (κ2) is 6.43. The van der Waals surface area contributed by atoms with Crippen molar-refractivity contribution in [1.82, 2.24) is 0 Å². The van der Waals surface area contributed by atoms with Crippen molar-refractivity contribution >= 4 is 11.6 Å². The maximum absolute atomic E-state index is 12.1. The SMILES string of the molecule is COc1cc(C)c(N(C)C(=O)CC(C)N)c(OC)c1. The van der Waals surface area contributed by atoms with Crippen molar-refractivity contribution in [2.24, 2.45) is 5.73 Å². The number of rotatable bonds is 5. The normalized spacial score (nSPS) is 11.9. The van der Waals surface area contributed by atoms with E-state index in [9.17, 15) is 4.79 Å². The number of hydrogen-bond acceptors (Lipinski definition) is 4. The van der Waals surface area contributed by atoms with Crippen molar-refractivity contribution in [3.8, 4) is 11.5 Å². The van der Waals surface area contributed by atoms with E-state index in [1.807, 2.05) is 19.9 Å². The lowest BCUT2D eigenvalue weighted by atomic mass is 10.1. The van der Waals surface area contributed by atoms with Crippen LogP contribution in [0.4, 0.5) is 5.69 Å². The van der Waals surface area contributed by atoms with Crippen LogP contribution in [0.15, 0.2) is 12.1 Å². The van der Waals surface area contributed by atoms with Crippen molar-refractivity contribution < 1.29 is 14.3 Å². The third-order valence-electron chi connectivity index (χ3n) is 2.90. The molecule has 0 aliphatic carbocycles. The van der Waals surface area contributed by atoms with Gasteiger partial charge in [0.25, 0.3) is 0 Å². The second-order valence-corrected chi connectivity index (χ2v) is 4.63. The number of nitrogens with zero attached hydrogens (tertiary/aromatic N) is 1. The molecule has 0 aliphatic heterocycles. The highest BCUT2D eigenvalue weighted by molar-refractivity contribution is 5.95. The highest BCUT2D eigenvalue weighted by Crippen LogP contribution is 2.35. The molecule has 0 spiro atoms. The van der Waals surface area contributed by atoms with E-state index in [1.165, 1.54) is 0 Å². The number of amides is 1. The highest BCUT2D eigenvalue weighted by Gasteiger charge is 2.19. The third kappa shape index (κ3) is 3.61. The van der Waals surface area contributed by atoms with Gasteiger partial charge in [-0.3, -0.25) is 4.79 Å². The van der Waals surface area contributed by atoms with Crippen LogP contribution in [-0.4, -0.2) is 33.2 Å². The lowest BCUT2D eigenvalue weighted by Crippen LogP contribution is -2.32. The van der Waals surface area contributed by atoms with Gasteiger partial charge in [0, 0.05) is 25.6 Å². The molecular weight excluding hydrogens is 244 g/mol. The molecule has 2 N–H and O–H groups in total. The van der Waals surface area contributed by atoms with E-state index in [4.69, 9.17) is 15.2 Å². The van der Waals surface area contributed by atoms with Crippen molar-refractivity contribution in [2.45, 2.75) is 26.3 Å². The van der Waals surface area contributed by atoms with E-state index >= 15 is 0 Å². The maximum atomic E-state index is 12.1. The predicted octanol–water partition coefficient (Wildman–Crippen LogP) is 1.71. The van der Waals surface area contributed by atoms with Crippen LogP contribution in [0.3, 0.4) is 0 Å². The molecule has 5 heteroatoms. The van der Waals surface area contributed by atoms with Crippen molar-refractivity contribution in [3.05, 3.63) is 17.7 Å². The van der Waals surface area contributed by atoms with Gasteiger partial charge in [-0.25, -0.2) is 0 Å². The Kier molecular flexibility index (Phi) is 5.18. The highest BCUT2D eigenvalue weighted by atomic mass is 16.5. The molecule has 0 bridgehead atoms. The minimum absolute atomic E-state index is 0.0402. The van der Waals surface area contributed by atoms with Gasteiger partial charge in [-0.05, 0) is 25.5 Å². The number of hydrogen-bond donors (Lipinski definition) is 1. The van der Waals surface area contributed by atoms with Gasteiger partial charge in [0.1, 0.15) is 11.5 Å². The van der Waals surface area contributed by atoms with Gasteiger partial charge in [0.05, 0.1) is 19.9 Å². The van der Waals surface area contributed by atoms with Crippen LogP contribution < -0.4 is 20.1 Å². The molecular formula is C14H22N2O3. The van der Waals surface area contributed by atoms with E-state index in [-0.39, 0.29) is 11.9 Å². The third-order valence-corrected chi connectivity index (χ3v) is 2.90. The monoisotopic (exact) mass is 266 g/mol. The molecule has 106 valence electrons. The van der Waals surface area contributed by atoms with Crippen LogP contribution >= 0.6 is 0 Å². The van der Waals surface area contributed by atoms with Crippen LogP contribution in [0.2, 0.25) is 0 Å². The Bertz CT molecular complexity index is 458. The largest absolute Gasteiger partial charge is 0.497 e. The fourth-order valence-electron chi connectivity index (χ4n) is 1.96. The first-order chi connectivity index (χ1) is 8.90. The van der Waals surface area contributed by atoms with E-state index in [2.05, 4.69) is 0 Å². The molecule has 0 saturated heterocycles. The number of carbonyl (C=O) groups is 1. The van der Waals surface area contributed by atoms with Gasteiger partial charge < -0.3 is 20.1 Å². The summed E-state index contributed by atoms with van der Waals surface area (Å²) >= 11 is 0. The van der Waals surface area contributed by atoms with E-state index in [1.54, 1.807) is 32.2 Å². The molecule has 0 aromatic heterocycles. The van der Waals surface area contributed by atoms with Gasteiger partial charge in [0.15, 0.2) is 0 Å². The zero-order valence-corrected chi connectivity index (χ0v) is 12.2. The first-order valence-electron chi connectivity index (χ1n) is 6.15. The molecule has 1 rings (SSSR count). The second-order valence-electron chi connectivity index (χ2n) is 4.63. The molecule has 0 heterocycles. The Morgan fingerprint density at radius 1 is 1.37 bits per heavy atom. The summed E-state index contributed by atoms with van der Waals surface area (Å²) in [6.45, 7) is 3.72. The average molecular weight is 266 g/mol. The molecule has 1 unspecified atom stereocenters. The van der Waals surface area contributed by atoms with Gasteiger partial charge in [0.2, 0.25) is 5.91 Å². The summed E-state index contributed by atoms with van der Waals surface area (Å²) in [5.74, 6) is 1.27. The minimum atomic E-state index is -0.167. The van der Waals surface area contributed by atoms with Crippen LogP contribution in [0.1, 0.15) is 18.9 Å². The first-order valence-corrected chi connectivity index (χ1v) is 6.15. The lowest BCUT2D eigenvalue weighted by molar-refractivity contribution is -0.118. The maximum Gasteiger partial charge on any atom is 0.228 e. The van der Waals surface area contributed by atoms with Gasteiger partial charge in [-0.1, -0.05) is 0 Å². The van der Waals surface area contributed by atoms with Gasteiger partial charge in [-0.15, -0.1) is 0 Å². The van der Waals surface area contributed by atoms with Crippen molar-refractivity contribution in [2.75, 3.05) is 26.2 Å². The Hall–Kier alpha value is -1.75. The summed E-state index contributed by atoms with van der Waals surface area (Å²) in [6.07, 6.45) is 0.297. The molecule has 1 amide bonds. The number of nitrogens with two attached hydrogens (primary N) is 1. The van der Waals surface area contributed by atoms with Crippen molar-refractivity contribution in [1.29, 1.82) is 0 Å². The summed E-state index contributed by atoms with van der Waals surface area (Å²) < 4.78 is 10.5. The first kappa shape index (κ1) is 15.3. The number of aryl methyl sites for hydroxylation is 1. The van der Waals surface area contributed by atoms with Crippen LogP contribution in [-0.2, 0) is 4.79 Å². The summed E-state index contributed by atoms with van der Waals surface area (Å²) in [6, 6.07) is 3.46. The van der Waals surface area contributed by atoms with Crippen LogP contribution in [0.25, 0.3) is 0 Å². The lowest BCUT2D eigenvalue weighted by Gasteiger charge is -2.23. The van der Waals surface area contributed by atoms with Crippen LogP contribution in [0.5, 0.6) is 11.5 Å². The molecule has 1 aromatic rings. The molecule has 0 radical (unpaired) electrons. The minimum Gasteiger partial charge on any atom is -0.497 e. The fourth-order valence-corrected chi connectivity index (χ4v) is 1.96. The predicted molar refractivity (Wildman–Crippen MR) is 76.0 cm³/mol. The zero-order chi connectivity index (χ0) is 14.6. The van der Waals surface area contributed by atoms with E-state index < -0.39 is 0 Å². The Balaban J connectivity index is 3.14. The average Bonchev–Trinajstić information content (AvgIpc) is 2.35. The number of methoxy groups -OCH3 is 2. The summed E-state index contributed by atoms with van der Waals surface area (Å²) in [7, 11) is 4.89. The molecule has 1 aromatic carbocycles. The number of benzene rings is 1. The van der Waals surface area contributed by atoms with Gasteiger partial charge in [-0.2, -0.15) is 0 Å². The number of ether oxygens (including phenoxy) is 2. The zero-order valence-electron chi connectivity index (χ0n) is 12.2. The molecule has 0 aliphatic rings. The van der Waals surface area contributed by atoms with E-state index in [0.717, 1.165) is 11.3 Å². The quantitative estimate of drug-likeness (QED) is 0.881. The molecule has 19 heavy (non-hydrogen) atoms. The fraction of sp³-hybridized carbons (Fsp3) is 0.500. The Labute approximate surface area is 114 Å². The Morgan fingerprint density at radius 3 is 2.47 bits per heavy atom. The standard InChI is InChI=1S/C14H22N2O3/c1-9-6-11(18-4)8-12(19-5)14(9)16(3)13(17)7-10(2)15/h6,8,10H,7,15H2,1-5H3. The summed E-state index contributed by atoms with van der Waals surface area (Å²) in [5.41, 5.74) is 7.32. The summed E-state index contributed by atoms with van der Waals surface area (Å²) in [5, 5.41) is 0. The van der Waals surface area contributed by atoms with Gasteiger partial charge >= 0.3 is 0 Å². The van der Waals surface area contributed by atoms with Crippen LogP contribution in [0, 0.1) is 6.92 Å². The topological polar surface area (TPSA) is 64.8 Å². The molecule has 0 saturated carbocycles. The molecule has 5 nitrogen and oxygen atoms in total. The number of anilines is 1. The number of carbonyl (C=O) groups excluding carboxylic acids is 1. The smallest absolute Gasteiger partial charge is 0.228 e. The summed E-state index contributed by atoms with van der Waals surface area (Å²) in [4.78, 5) is 13.7. The van der Waals surface area contributed by atoms with Crippen molar-refractivity contribution in [3.63, 3.8) is 0 Å². The van der Waals surface area contributed by atoms with E-state index in [0.29, 0.717) is 17.9 Å². The molecule has 0 fully saturated rings. The molecule has 1 atom stereocenters.